The number of unbranched alkanes of at least 4 members (excludes halogenated alkanes) is 2. The van der Waals surface area contributed by atoms with E-state index in [-0.39, 0.29) is 11.6 Å². The van der Waals surface area contributed by atoms with Gasteiger partial charge in [-0.15, -0.1) is 0 Å². The highest BCUT2D eigenvalue weighted by atomic mass is 19.1. The molecule has 0 aromatic heterocycles. The van der Waals surface area contributed by atoms with Gasteiger partial charge in [-0.1, -0.05) is 57.6 Å². The van der Waals surface area contributed by atoms with Gasteiger partial charge in [0.05, 0.1) is 0 Å². The molecule has 0 unspecified atom stereocenters. The summed E-state index contributed by atoms with van der Waals surface area (Å²) in [6.07, 6.45) is 16.0. The molecule has 0 heterocycles. The van der Waals surface area contributed by atoms with E-state index in [4.69, 9.17) is 0 Å². The Kier molecular flexibility index (Phi) is 7.49. The molecule has 2 aliphatic rings. The highest BCUT2D eigenvalue weighted by Crippen LogP contribution is 2.45. The summed E-state index contributed by atoms with van der Waals surface area (Å²) in [5, 5.41) is 0. The van der Waals surface area contributed by atoms with Crippen molar-refractivity contribution in [2.75, 3.05) is 0 Å². The smallest absolute Gasteiger partial charge is 0.159 e. The van der Waals surface area contributed by atoms with Crippen LogP contribution in [0.5, 0.6) is 0 Å². The van der Waals surface area contributed by atoms with E-state index in [1.807, 2.05) is 6.07 Å². The molecule has 0 atom stereocenters. The number of carbonyl (C=O) groups excluding carboxylic acids is 1. The van der Waals surface area contributed by atoms with Crippen LogP contribution in [0.2, 0.25) is 0 Å². The Labute approximate surface area is 165 Å². The third kappa shape index (κ3) is 5.42. The zero-order chi connectivity index (χ0) is 19.2. The zero-order valence-electron chi connectivity index (χ0n) is 17.3. The van der Waals surface area contributed by atoms with Crippen molar-refractivity contribution in [3.8, 4) is 0 Å². The molecule has 2 heteroatoms. The van der Waals surface area contributed by atoms with Crippen LogP contribution >= 0.6 is 0 Å². The average Bonchev–Trinajstić information content (AvgIpc) is 2.69. The van der Waals surface area contributed by atoms with Crippen molar-refractivity contribution in [3.63, 3.8) is 0 Å². The molecule has 3 rings (SSSR count). The molecule has 0 aliphatic heterocycles. The zero-order valence-corrected chi connectivity index (χ0v) is 17.3. The van der Waals surface area contributed by atoms with Crippen LogP contribution in [0.1, 0.15) is 113 Å². The fourth-order valence-corrected chi connectivity index (χ4v) is 5.61. The van der Waals surface area contributed by atoms with E-state index in [9.17, 15) is 9.18 Å². The van der Waals surface area contributed by atoms with Gasteiger partial charge in [-0.3, -0.25) is 4.79 Å². The molecule has 0 amide bonds. The minimum absolute atomic E-state index is 0.0607. The van der Waals surface area contributed by atoms with E-state index < -0.39 is 0 Å². The van der Waals surface area contributed by atoms with Crippen molar-refractivity contribution >= 4 is 5.78 Å². The fourth-order valence-electron chi connectivity index (χ4n) is 5.61. The van der Waals surface area contributed by atoms with Gasteiger partial charge in [-0.05, 0) is 80.8 Å². The summed E-state index contributed by atoms with van der Waals surface area (Å²) in [5.41, 5.74) is 1.32. The fraction of sp³-hybridized carbons (Fsp3) is 0.720. The van der Waals surface area contributed by atoms with Crippen LogP contribution in [-0.2, 0) is 0 Å². The lowest BCUT2D eigenvalue weighted by atomic mass is 9.68. The Bertz CT molecular complexity index is 607. The van der Waals surface area contributed by atoms with Crippen LogP contribution in [0, 0.1) is 23.6 Å². The Hall–Kier alpha value is -1.18. The van der Waals surface area contributed by atoms with Crippen molar-refractivity contribution in [2.45, 2.75) is 96.8 Å². The number of Topliss-reactive ketones (excluding diaryl/α,β-unsaturated/α-hetero) is 1. The molecule has 1 nitrogen and oxygen atoms in total. The Balaban J connectivity index is 1.46. The molecule has 0 N–H and O–H groups in total. The van der Waals surface area contributed by atoms with Gasteiger partial charge in [0.15, 0.2) is 5.78 Å². The maximum Gasteiger partial charge on any atom is 0.159 e. The number of benzene rings is 1. The molecule has 2 fully saturated rings. The topological polar surface area (TPSA) is 17.1 Å². The standard InChI is InChI=1S/C25H37FO/c1-3-4-5-6-19-7-9-20(10-8-19)21-11-13-22(14-12-21)24-16-15-23(18(2)27)17-25(24)26/h15-17,19-22H,3-14H2,1-2H3. The second-order valence-electron chi connectivity index (χ2n) is 9.18. The van der Waals surface area contributed by atoms with Gasteiger partial charge in [-0.25, -0.2) is 4.39 Å². The molecule has 2 saturated carbocycles. The van der Waals surface area contributed by atoms with Crippen LogP contribution in [0.4, 0.5) is 4.39 Å². The van der Waals surface area contributed by atoms with E-state index >= 15 is 0 Å². The van der Waals surface area contributed by atoms with Crippen LogP contribution in [0.15, 0.2) is 18.2 Å². The van der Waals surface area contributed by atoms with Gasteiger partial charge >= 0.3 is 0 Å². The summed E-state index contributed by atoms with van der Waals surface area (Å²) in [4.78, 5) is 11.4. The summed E-state index contributed by atoms with van der Waals surface area (Å²) in [6, 6.07) is 5.09. The van der Waals surface area contributed by atoms with Crippen molar-refractivity contribution in [1.29, 1.82) is 0 Å². The number of hydrogen-bond acceptors (Lipinski definition) is 1. The lowest BCUT2D eigenvalue weighted by molar-refractivity contribution is 0.101. The van der Waals surface area contributed by atoms with Gasteiger partial charge in [0.1, 0.15) is 5.82 Å². The first-order valence-corrected chi connectivity index (χ1v) is 11.4. The summed E-state index contributed by atoms with van der Waals surface area (Å²) >= 11 is 0. The molecule has 27 heavy (non-hydrogen) atoms. The minimum atomic E-state index is -0.182. The van der Waals surface area contributed by atoms with Gasteiger partial charge in [0, 0.05) is 5.56 Å². The molecule has 2 aliphatic carbocycles. The first kappa shape index (κ1) is 20.6. The molecular formula is C25H37FO. The third-order valence-electron chi connectivity index (χ3n) is 7.39. The molecule has 0 radical (unpaired) electrons. The minimum Gasteiger partial charge on any atom is -0.295 e. The SMILES string of the molecule is CCCCCC1CCC(C2CCC(c3ccc(C(C)=O)cc3F)CC2)CC1. The van der Waals surface area contributed by atoms with Crippen LogP contribution in [-0.4, -0.2) is 5.78 Å². The largest absolute Gasteiger partial charge is 0.295 e. The van der Waals surface area contributed by atoms with Crippen molar-refractivity contribution < 1.29 is 9.18 Å². The number of hydrogen-bond donors (Lipinski definition) is 0. The van der Waals surface area contributed by atoms with Gasteiger partial charge in [0.2, 0.25) is 0 Å². The van der Waals surface area contributed by atoms with E-state index in [2.05, 4.69) is 6.92 Å². The van der Waals surface area contributed by atoms with Crippen LogP contribution in [0.25, 0.3) is 0 Å². The van der Waals surface area contributed by atoms with Crippen molar-refractivity contribution in [3.05, 3.63) is 35.1 Å². The monoisotopic (exact) mass is 372 g/mol. The van der Waals surface area contributed by atoms with E-state index in [0.29, 0.717) is 11.5 Å². The van der Waals surface area contributed by atoms with Crippen LogP contribution in [0.3, 0.4) is 0 Å². The Morgan fingerprint density at radius 3 is 2.15 bits per heavy atom. The van der Waals surface area contributed by atoms with Crippen LogP contribution < -0.4 is 0 Å². The number of halogens is 1. The van der Waals surface area contributed by atoms with E-state index in [0.717, 1.165) is 36.2 Å². The summed E-state index contributed by atoms with van der Waals surface area (Å²) < 4.78 is 14.5. The van der Waals surface area contributed by atoms with Gasteiger partial charge in [-0.2, -0.15) is 0 Å². The first-order valence-electron chi connectivity index (χ1n) is 11.4. The first-order chi connectivity index (χ1) is 13.1. The highest BCUT2D eigenvalue weighted by Gasteiger charge is 2.31. The molecule has 150 valence electrons. The van der Waals surface area contributed by atoms with E-state index in [1.165, 1.54) is 77.2 Å². The summed E-state index contributed by atoms with van der Waals surface area (Å²) in [7, 11) is 0. The number of ketones is 1. The molecular weight excluding hydrogens is 335 g/mol. The Morgan fingerprint density at radius 2 is 1.59 bits per heavy atom. The molecule has 1 aromatic rings. The quantitative estimate of drug-likeness (QED) is 0.354. The predicted molar refractivity (Wildman–Crippen MR) is 111 cm³/mol. The lowest BCUT2D eigenvalue weighted by Gasteiger charge is -2.38. The van der Waals surface area contributed by atoms with Gasteiger partial charge < -0.3 is 0 Å². The Morgan fingerprint density at radius 1 is 0.963 bits per heavy atom. The average molecular weight is 373 g/mol. The molecule has 1 aromatic carbocycles. The maximum absolute atomic E-state index is 14.5. The maximum atomic E-state index is 14.5. The summed E-state index contributed by atoms with van der Waals surface area (Å²) in [6.45, 7) is 3.79. The lowest BCUT2D eigenvalue weighted by Crippen LogP contribution is -2.25. The second-order valence-corrected chi connectivity index (χ2v) is 9.18. The molecule has 0 spiro atoms. The van der Waals surface area contributed by atoms with E-state index in [1.54, 1.807) is 6.07 Å². The molecule has 0 bridgehead atoms. The molecule has 0 saturated heterocycles. The normalized spacial score (nSPS) is 28.9. The summed E-state index contributed by atoms with van der Waals surface area (Å²) in [5.74, 6) is 2.86. The second kappa shape index (κ2) is 9.85. The third-order valence-corrected chi connectivity index (χ3v) is 7.39. The van der Waals surface area contributed by atoms with Crippen molar-refractivity contribution in [1.82, 2.24) is 0 Å². The van der Waals surface area contributed by atoms with Crippen molar-refractivity contribution in [2.24, 2.45) is 17.8 Å². The number of carbonyl (C=O) groups is 1. The predicted octanol–water partition coefficient (Wildman–Crippen LogP) is 7.69. The number of rotatable bonds is 7. The van der Waals surface area contributed by atoms with Gasteiger partial charge in [0.25, 0.3) is 0 Å². The highest BCUT2D eigenvalue weighted by molar-refractivity contribution is 5.94.